The maximum absolute atomic E-state index is 12.9. The first-order chi connectivity index (χ1) is 8.25. The van der Waals surface area contributed by atoms with Gasteiger partial charge < -0.3 is 5.11 Å². The van der Waals surface area contributed by atoms with Gasteiger partial charge >= 0.3 is 0 Å². The third-order valence-corrected chi connectivity index (χ3v) is 3.39. The van der Waals surface area contributed by atoms with Crippen molar-refractivity contribution >= 4 is 0 Å². The van der Waals surface area contributed by atoms with Crippen molar-refractivity contribution in [3.05, 3.63) is 59.4 Å². The highest BCUT2D eigenvalue weighted by Crippen LogP contribution is 2.37. The lowest BCUT2D eigenvalue weighted by molar-refractivity contribution is 0.180. The second-order valence-electron chi connectivity index (χ2n) is 4.43. The maximum Gasteiger partial charge on any atom is 0.123 e. The molecule has 1 aliphatic rings. The van der Waals surface area contributed by atoms with E-state index in [1.807, 2.05) is 18.2 Å². The summed E-state index contributed by atoms with van der Waals surface area (Å²) in [5, 5.41) is 9.84. The monoisotopic (exact) mass is 228 g/mol. The molecular weight excluding hydrogens is 215 g/mol. The molecule has 1 N–H and O–H groups in total. The zero-order valence-corrected chi connectivity index (χ0v) is 9.36. The van der Waals surface area contributed by atoms with Crippen molar-refractivity contribution in [2.75, 3.05) is 0 Å². The summed E-state index contributed by atoms with van der Waals surface area (Å²) >= 11 is 0. The second kappa shape index (κ2) is 3.97. The van der Waals surface area contributed by atoms with Gasteiger partial charge in [0.05, 0.1) is 6.10 Å². The summed E-state index contributed by atoms with van der Waals surface area (Å²) in [6.07, 6.45) is 1.34. The van der Waals surface area contributed by atoms with Gasteiger partial charge in [0.25, 0.3) is 0 Å². The molecule has 0 saturated carbocycles. The molecule has 0 fully saturated rings. The topological polar surface area (TPSA) is 20.2 Å². The highest BCUT2D eigenvalue weighted by Gasteiger charge is 2.22. The van der Waals surface area contributed by atoms with Crippen LogP contribution in [0.1, 0.15) is 23.7 Å². The quantitative estimate of drug-likeness (QED) is 0.792. The van der Waals surface area contributed by atoms with Crippen LogP contribution in [0.15, 0.2) is 42.5 Å². The zero-order valence-electron chi connectivity index (χ0n) is 9.36. The fourth-order valence-electron chi connectivity index (χ4n) is 2.53. The van der Waals surface area contributed by atoms with E-state index in [1.165, 1.54) is 17.7 Å². The first kappa shape index (κ1) is 10.5. The van der Waals surface area contributed by atoms with Gasteiger partial charge in [-0.3, -0.25) is 0 Å². The molecule has 3 rings (SSSR count). The minimum atomic E-state index is -0.342. The van der Waals surface area contributed by atoms with Crippen LogP contribution < -0.4 is 0 Å². The predicted molar refractivity (Wildman–Crippen MR) is 65.1 cm³/mol. The van der Waals surface area contributed by atoms with Crippen molar-refractivity contribution in [2.24, 2.45) is 0 Å². The van der Waals surface area contributed by atoms with Crippen molar-refractivity contribution < 1.29 is 9.50 Å². The fourth-order valence-corrected chi connectivity index (χ4v) is 2.53. The number of rotatable bonds is 1. The van der Waals surface area contributed by atoms with E-state index in [9.17, 15) is 9.50 Å². The SMILES string of the molecule is OC1CCc2c(-c3ccc(F)cc3)cccc21. The average molecular weight is 228 g/mol. The molecule has 0 radical (unpaired) electrons. The Balaban J connectivity index is 2.13. The summed E-state index contributed by atoms with van der Waals surface area (Å²) in [5.74, 6) is -0.221. The number of hydrogen-bond donors (Lipinski definition) is 1. The molecular formula is C15H13FO. The molecule has 0 amide bonds. The number of halogens is 1. The lowest BCUT2D eigenvalue weighted by Gasteiger charge is -2.09. The Labute approximate surface area is 99.5 Å². The fraction of sp³-hybridized carbons (Fsp3) is 0.200. The second-order valence-corrected chi connectivity index (χ2v) is 4.43. The van der Waals surface area contributed by atoms with E-state index in [2.05, 4.69) is 0 Å². The summed E-state index contributed by atoms with van der Waals surface area (Å²) in [4.78, 5) is 0. The molecule has 2 heteroatoms. The maximum atomic E-state index is 12.9. The smallest absolute Gasteiger partial charge is 0.123 e. The first-order valence-electron chi connectivity index (χ1n) is 5.81. The zero-order chi connectivity index (χ0) is 11.8. The van der Waals surface area contributed by atoms with Crippen molar-refractivity contribution in [3.8, 4) is 11.1 Å². The molecule has 0 saturated heterocycles. The van der Waals surface area contributed by atoms with E-state index < -0.39 is 0 Å². The van der Waals surface area contributed by atoms with Gasteiger partial charge in [-0.25, -0.2) is 4.39 Å². The van der Waals surface area contributed by atoms with Crippen LogP contribution >= 0.6 is 0 Å². The van der Waals surface area contributed by atoms with E-state index in [1.54, 1.807) is 12.1 Å². The predicted octanol–water partition coefficient (Wildman–Crippen LogP) is 3.47. The Hall–Kier alpha value is -1.67. The van der Waals surface area contributed by atoms with E-state index in [0.29, 0.717) is 0 Å². The molecule has 86 valence electrons. The van der Waals surface area contributed by atoms with Crippen LogP contribution in [0.5, 0.6) is 0 Å². The summed E-state index contributed by atoms with van der Waals surface area (Å²) in [7, 11) is 0. The number of aliphatic hydroxyl groups excluding tert-OH is 1. The number of hydrogen-bond acceptors (Lipinski definition) is 1. The van der Waals surface area contributed by atoms with Gasteiger partial charge in [0.2, 0.25) is 0 Å². The van der Waals surface area contributed by atoms with Gasteiger partial charge in [-0.2, -0.15) is 0 Å². The standard InChI is InChI=1S/C15H13FO/c16-11-6-4-10(5-7-11)12-2-1-3-14-13(12)8-9-15(14)17/h1-7,15,17H,8-9H2. The minimum Gasteiger partial charge on any atom is -0.388 e. The third-order valence-electron chi connectivity index (χ3n) is 3.39. The molecule has 1 unspecified atom stereocenters. The Morgan fingerprint density at radius 3 is 2.59 bits per heavy atom. The molecule has 0 bridgehead atoms. The lowest BCUT2D eigenvalue weighted by atomic mass is 9.97. The summed E-state index contributed by atoms with van der Waals surface area (Å²) < 4.78 is 12.9. The molecule has 1 aliphatic carbocycles. The van der Waals surface area contributed by atoms with Gasteiger partial charge in [-0.1, -0.05) is 30.3 Å². The van der Waals surface area contributed by atoms with Crippen molar-refractivity contribution in [2.45, 2.75) is 18.9 Å². The molecule has 1 atom stereocenters. The van der Waals surface area contributed by atoms with Gasteiger partial charge in [0.15, 0.2) is 0 Å². The molecule has 1 nitrogen and oxygen atoms in total. The number of fused-ring (bicyclic) bond motifs is 1. The molecule has 2 aromatic carbocycles. The van der Waals surface area contributed by atoms with E-state index in [4.69, 9.17) is 0 Å². The van der Waals surface area contributed by atoms with Crippen molar-refractivity contribution in [1.82, 2.24) is 0 Å². The summed E-state index contributed by atoms with van der Waals surface area (Å²) in [6, 6.07) is 12.5. The van der Waals surface area contributed by atoms with Crippen molar-refractivity contribution in [3.63, 3.8) is 0 Å². The van der Waals surface area contributed by atoms with Gasteiger partial charge in [-0.05, 0) is 47.2 Å². The highest BCUT2D eigenvalue weighted by atomic mass is 19.1. The highest BCUT2D eigenvalue weighted by molar-refractivity contribution is 5.69. The first-order valence-corrected chi connectivity index (χ1v) is 5.81. The Morgan fingerprint density at radius 2 is 1.82 bits per heavy atom. The number of aliphatic hydroxyl groups is 1. The Bertz CT molecular complexity index is 545. The molecule has 0 heterocycles. The minimum absolute atomic E-state index is 0.221. The largest absolute Gasteiger partial charge is 0.388 e. The number of benzene rings is 2. The Kier molecular flexibility index (Phi) is 2.45. The van der Waals surface area contributed by atoms with Crippen molar-refractivity contribution in [1.29, 1.82) is 0 Å². The molecule has 0 aliphatic heterocycles. The van der Waals surface area contributed by atoms with Crippen LogP contribution in [0.4, 0.5) is 4.39 Å². The third kappa shape index (κ3) is 1.75. The summed E-state index contributed by atoms with van der Waals surface area (Å²) in [6.45, 7) is 0. The molecule has 17 heavy (non-hydrogen) atoms. The Morgan fingerprint density at radius 1 is 1.06 bits per heavy atom. The van der Waals surface area contributed by atoms with E-state index >= 15 is 0 Å². The van der Waals surface area contributed by atoms with E-state index in [-0.39, 0.29) is 11.9 Å². The van der Waals surface area contributed by atoms with Crippen LogP contribution in [0, 0.1) is 5.82 Å². The van der Waals surface area contributed by atoms with Gasteiger partial charge in [0, 0.05) is 0 Å². The normalized spacial score (nSPS) is 18.1. The average Bonchev–Trinajstić information content (AvgIpc) is 2.73. The summed E-state index contributed by atoms with van der Waals surface area (Å²) in [5.41, 5.74) is 4.34. The molecule has 2 aromatic rings. The van der Waals surface area contributed by atoms with Crippen LogP contribution in [0.2, 0.25) is 0 Å². The van der Waals surface area contributed by atoms with Crippen LogP contribution in [-0.4, -0.2) is 5.11 Å². The molecule has 0 spiro atoms. The van der Waals surface area contributed by atoms with Crippen LogP contribution in [0.3, 0.4) is 0 Å². The van der Waals surface area contributed by atoms with Gasteiger partial charge in [0.1, 0.15) is 5.82 Å². The van der Waals surface area contributed by atoms with Gasteiger partial charge in [-0.15, -0.1) is 0 Å². The van der Waals surface area contributed by atoms with Crippen LogP contribution in [-0.2, 0) is 6.42 Å². The van der Waals surface area contributed by atoms with E-state index in [0.717, 1.165) is 29.5 Å². The molecule has 0 aromatic heterocycles. The van der Waals surface area contributed by atoms with Crippen LogP contribution in [0.25, 0.3) is 11.1 Å². The lowest BCUT2D eigenvalue weighted by Crippen LogP contribution is -1.91.